The van der Waals surface area contributed by atoms with Gasteiger partial charge in [0.25, 0.3) is 5.69 Å². The average molecular weight is 352 g/mol. The lowest BCUT2D eigenvalue weighted by molar-refractivity contribution is -0.384. The van der Waals surface area contributed by atoms with Gasteiger partial charge in [-0.1, -0.05) is 6.07 Å². The van der Waals surface area contributed by atoms with Crippen molar-refractivity contribution in [3.63, 3.8) is 0 Å². The highest BCUT2D eigenvalue weighted by molar-refractivity contribution is 7.90. The van der Waals surface area contributed by atoms with E-state index in [1.54, 1.807) is 17.4 Å². The van der Waals surface area contributed by atoms with Crippen molar-refractivity contribution in [3.05, 3.63) is 50.7 Å². The van der Waals surface area contributed by atoms with Gasteiger partial charge in [-0.3, -0.25) is 10.1 Å². The standard InChI is InChI=1S/C15H16N2O4S2/c1-23(20,21)11-6-7-12(14(10-11)17(18)19)16-8-2-4-13(16)15-5-3-9-22-15/h3,5-7,9-10,13H,2,4,8H2,1H3. The molecule has 0 radical (unpaired) electrons. The number of sulfone groups is 1. The lowest BCUT2D eigenvalue weighted by Gasteiger charge is -2.26. The Labute approximate surface area is 138 Å². The number of hydrogen-bond donors (Lipinski definition) is 0. The summed E-state index contributed by atoms with van der Waals surface area (Å²) in [6.07, 6.45) is 2.94. The van der Waals surface area contributed by atoms with Crippen molar-refractivity contribution in [2.24, 2.45) is 0 Å². The van der Waals surface area contributed by atoms with Crippen LogP contribution >= 0.6 is 11.3 Å². The van der Waals surface area contributed by atoms with Crippen molar-refractivity contribution >= 4 is 32.5 Å². The first-order valence-corrected chi connectivity index (χ1v) is 9.93. The van der Waals surface area contributed by atoms with Crippen molar-refractivity contribution in [2.45, 2.75) is 23.8 Å². The maximum Gasteiger partial charge on any atom is 0.293 e. The lowest BCUT2D eigenvalue weighted by atomic mass is 10.1. The molecule has 0 spiro atoms. The summed E-state index contributed by atoms with van der Waals surface area (Å²) < 4.78 is 23.3. The van der Waals surface area contributed by atoms with Crippen LogP contribution in [0, 0.1) is 10.1 Å². The molecule has 1 fully saturated rings. The summed E-state index contributed by atoms with van der Waals surface area (Å²) in [6, 6.07) is 8.27. The Bertz CT molecular complexity index is 831. The van der Waals surface area contributed by atoms with Gasteiger partial charge in [0.2, 0.25) is 0 Å². The maximum absolute atomic E-state index is 11.7. The van der Waals surface area contributed by atoms with Gasteiger partial charge in [0.05, 0.1) is 15.9 Å². The molecule has 1 aliphatic heterocycles. The quantitative estimate of drug-likeness (QED) is 0.622. The number of rotatable bonds is 4. The van der Waals surface area contributed by atoms with Crippen LogP contribution in [0.15, 0.2) is 40.6 Å². The number of nitro benzene ring substituents is 1. The van der Waals surface area contributed by atoms with Crippen LogP contribution in [0.1, 0.15) is 23.8 Å². The van der Waals surface area contributed by atoms with E-state index in [2.05, 4.69) is 0 Å². The highest BCUT2D eigenvalue weighted by Crippen LogP contribution is 2.42. The minimum atomic E-state index is -3.48. The molecule has 1 aromatic heterocycles. The molecular formula is C15H16N2O4S2. The van der Waals surface area contributed by atoms with Gasteiger partial charge in [0.1, 0.15) is 5.69 Å². The molecule has 3 rings (SSSR count). The highest BCUT2D eigenvalue weighted by atomic mass is 32.2. The fourth-order valence-corrected chi connectivity index (χ4v) is 4.47. The molecule has 1 aromatic carbocycles. The smallest absolute Gasteiger partial charge is 0.293 e. The van der Waals surface area contributed by atoms with Crippen LogP contribution in [0.25, 0.3) is 0 Å². The molecule has 6 nitrogen and oxygen atoms in total. The third-order valence-corrected chi connectivity index (χ3v) is 6.09. The number of nitrogens with zero attached hydrogens (tertiary/aromatic N) is 2. The van der Waals surface area contributed by atoms with Crippen molar-refractivity contribution in [1.29, 1.82) is 0 Å². The van der Waals surface area contributed by atoms with Crippen LogP contribution in [0.2, 0.25) is 0 Å². The second kappa shape index (κ2) is 5.93. The zero-order valence-corrected chi connectivity index (χ0v) is 14.1. The Balaban J connectivity index is 2.07. The second-order valence-corrected chi connectivity index (χ2v) is 8.54. The Morgan fingerprint density at radius 3 is 2.74 bits per heavy atom. The predicted molar refractivity (Wildman–Crippen MR) is 89.8 cm³/mol. The molecule has 0 bridgehead atoms. The summed E-state index contributed by atoms with van der Waals surface area (Å²) in [4.78, 5) is 14.1. The first kappa shape index (κ1) is 15.9. The maximum atomic E-state index is 11.7. The molecule has 0 amide bonds. The van der Waals surface area contributed by atoms with Crippen LogP contribution in [0.4, 0.5) is 11.4 Å². The van der Waals surface area contributed by atoms with Gasteiger partial charge in [-0.15, -0.1) is 11.3 Å². The molecule has 1 saturated heterocycles. The third kappa shape index (κ3) is 3.09. The molecule has 2 heterocycles. The van der Waals surface area contributed by atoms with Crippen molar-refractivity contribution < 1.29 is 13.3 Å². The summed E-state index contributed by atoms with van der Waals surface area (Å²) in [5.41, 5.74) is 0.328. The summed E-state index contributed by atoms with van der Waals surface area (Å²) in [5.74, 6) is 0. The topological polar surface area (TPSA) is 80.5 Å². The Morgan fingerprint density at radius 1 is 1.35 bits per heavy atom. The van der Waals surface area contributed by atoms with Crippen LogP contribution < -0.4 is 4.90 Å². The number of hydrogen-bond acceptors (Lipinski definition) is 6. The van der Waals surface area contributed by atoms with Gasteiger partial charge in [0.15, 0.2) is 9.84 Å². The predicted octanol–water partition coefficient (Wildman–Crippen LogP) is 3.40. The first-order valence-electron chi connectivity index (χ1n) is 7.16. The largest absolute Gasteiger partial charge is 0.358 e. The zero-order valence-electron chi connectivity index (χ0n) is 12.5. The van der Waals surface area contributed by atoms with Crippen LogP contribution in [-0.2, 0) is 9.84 Å². The Hall–Kier alpha value is -1.93. The Morgan fingerprint density at radius 2 is 2.13 bits per heavy atom. The fraction of sp³-hybridized carbons (Fsp3) is 0.333. The Kier molecular flexibility index (Phi) is 4.11. The van der Waals surface area contributed by atoms with E-state index in [-0.39, 0.29) is 16.6 Å². The van der Waals surface area contributed by atoms with Crippen LogP contribution in [0.3, 0.4) is 0 Å². The van der Waals surface area contributed by atoms with Crippen LogP contribution in [0.5, 0.6) is 0 Å². The first-order chi connectivity index (χ1) is 10.9. The number of nitro groups is 1. The van der Waals surface area contributed by atoms with E-state index in [0.29, 0.717) is 5.69 Å². The average Bonchev–Trinajstić information content (AvgIpc) is 3.16. The number of benzene rings is 1. The molecule has 0 saturated carbocycles. The van der Waals surface area contributed by atoms with Crippen molar-refractivity contribution in [2.75, 3.05) is 17.7 Å². The molecule has 1 atom stereocenters. The SMILES string of the molecule is CS(=O)(=O)c1ccc(N2CCCC2c2cccs2)c([N+](=O)[O-])c1. The van der Waals surface area contributed by atoms with Crippen LogP contribution in [-0.4, -0.2) is 26.1 Å². The molecule has 1 aliphatic rings. The minimum Gasteiger partial charge on any atom is -0.358 e. The van der Waals surface area contributed by atoms with Gasteiger partial charge in [-0.25, -0.2) is 8.42 Å². The van der Waals surface area contributed by atoms with Gasteiger partial charge in [-0.2, -0.15) is 0 Å². The molecule has 0 N–H and O–H groups in total. The molecule has 1 unspecified atom stereocenters. The van der Waals surface area contributed by atoms with E-state index < -0.39 is 14.8 Å². The second-order valence-electron chi connectivity index (χ2n) is 5.55. The summed E-state index contributed by atoms with van der Waals surface area (Å²) in [5, 5.41) is 13.4. The summed E-state index contributed by atoms with van der Waals surface area (Å²) in [6.45, 7) is 0.724. The summed E-state index contributed by atoms with van der Waals surface area (Å²) in [7, 11) is -3.48. The van der Waals surface area contributed by atoms with Gasteiger partial charge in [0, 0.05) is 23.7 Å². The van der Waals surface area contributed by atoms with Gasteiger partial charge < -0.3 is 4.90 Å². The van der Waals surface area contributed by atoms with Crippen molar-refractivity contribution in [3.8, 4) is 0 Å². The molecule has 23 heavy (non-hydrogen) atoms. The molecule has 122 valence electrons. The molecule has 2 aromatic rings. The van der Waals surface area contributed by atoms with E-state index in [4.69, 9.17) is 0 Å². The normalized spacial score (nSPS) is 18.3. The minimum absolute atomic E-state index is 0.0279. The van der Waals surface area contributed by atoms with E-state index >= 15 is 0 Å². The fourth-order valence-electron chi connectivity index (χ4n) is 2.95. The molecule has 0 aliphatic carbocycles. The number of anilines is 1. The van der Waals surface area contributed by atoms with Gasteiger partial charge in [-0.05, 0) is 36.4 Å². The van der Waals surface area contributed by atoms with E-state index in [1.165, 1.54) is 10.9 Å². The highest BCUT2D eigenvalue weighted by Gasteiger charge is 2.32. The molecular weight excluding hydrogens is 336 g/mol. The lowest BCUT2D eigenvalue weighted by Crippen LogP contribution is -2.23. The zero-order chi connectivity index (χ0) is 16.6. The molecule has 8 heteroatoms. The van der Waals surface area contributed by atoms with E-state index in [9.17, 15) is 18.5 Å². The number of thiophene rings is 1. The summed E-state index contributed by atoms with van der Waals surface area (Å²) >= 11 is 1.63. The van der Waals surface area contributed by atoms with E-state index in [0.717, 1.165) is 31.7 Å². The van der Waals surface area contributed by atoms with Crippen molar-refractivity contribution in [1.82, 2.24) is 0 Å². The van der Waals surface area contributed by atoms with E-state index in [1.807, 2.05) is 22.4 Å². The monoisotopic (exact) mass is 352 g/mol. The third-order valence-electron chi connectivity index (χ3n) is 4.01. The van der Waals surface area contributed by atoms with Gasteiger partial charge >= 0.3 is 0 Å².